The van der Waals surface area contributed by atoms with Gasteiger partial charge in [0.25, 0.3) is 0 Å². The maximum atomic E-state index is 13.4. The van der Waals surface area contributed by atoms with Crippen molar-refractivity contribution in [3.63, 3.8) is 0 Å². The van der Waals surface area contributed by atoms with E-state index < -0.39 is 10.0 Å². The molecule has 1 amide bonds. The standard InChI is InChI=1S/C50H61N3O6S/c1-3-32-51-47(44-25-29-46-43(35-44)26-30-48(57-36-40-16-8-4-9-17-40)49(46)58-37-41-18-10-5-11-19-41)22-14-7-15-33-53(50(54)59-38-42-20-12-6-13-21-42)34-31-39-23-27-45(28-24-39)52-60(2,55)56/h4-6,8-13,16-21,23-24,26-28,30,44,47,51-52H,3,7,14-15,22,25,29,31-38H2,1-2H3/t44?,47-/m0/s1. The van der Waals surface area contributed by atoms with Crippen LogP contribution in [0.3, 0.4) is 0 Å². The molecule has 2 N–H and O–H groups in total. The van der Waals surface area contributed by atoms with Crippen LogP contribution in [0.2, 0.25) is 0 Å². The highest BCUT2D eigenvalue weighted by Crippen LogP contribution is 2.41. The van der Waals surface area contributed by atoms with Gasteiger partial charge in [0.2, 0.25) is 10.0 Å². The Labute approximate surface area is 357 Å². The summed E-state index contributed by atoms with van der Waals surface area (Å²) in [6, 6.07) is 42.3. The number of carbonyl (C=O) groups is 1. The number of fused-ring (bicyclic) bond motifs is 1. The quantitative estimate of drug-likeness (QED) is 0.0632. The van der Waals surface area contributed by atoms with Crippen LogP contribution in [0.4, 0.5) is 10.5 Å². The smallest absolute Gasteiger partial charge is 0.410 e. The van der Waals surface area contributed by atoms with Gasteiger partial charge in [-0.15, -0.1) is 0 Å². The van der Waals surface area contributed by atoms with Crippen LogP contribution >= 0.6 is 0 Å². The monoisotopic (exact) mass is 831 g/mol. The van der Waals surface area contributed by atoms with E-state index in [1.54, 1.807) is 12.1 Å². The lowest BCUT2D eigenvalue weighted by Gasteiger charge is -2.33. The van der Waals surface area contributed by atoms with Crippen molar-refractivity contribution in [1.29, 1.82) is 0 Å². The Morgan fingerprint density at radius 1 is 0.733 bits per heavy atom. The summed E-state index contributed by atoms with van der Waals surface area (Å²) in [5, 5.41) is 3.91. The Hall–Kier alpha value is -5.32. The highest BCUT2D eigenvalue weighted by atomic mass is 32.2. The number of nitrogens with zero attached hydrogens (tertiary/aromatic N) is 1. The van der Waals surface area contributed by atoms with E-state index in [4.69, 9.17) is 14.2 Å². The summed E-state index contributed by atoms with van der Waals surface area (Å²) in [4.78, 5) is 15.2. The highest BCUT2D eigenvalue weighted by molar-refractivity contribution is 7.92. The topological polar surface area (TPSA) is 106 Å². The third-order valence-corrected chi connectivity index (χ3v) is 11.7. The van der Waals surface area contributed by atoms with E-state index in [0.717, 1.165) is 97.9 Å². The summed E-state index contributed by atoms with van der Waals surface area (Å²) in [5.74, 6) is 2.17. The van der Waals surface area contributed by atoms with E-state index in [9.17, 15) is 13.2 Å². The van der Waals surface area contributed by atoms with Crippen LogP contribution < -0.4 is 19.5 Å². The van der Waals surface area contributed by atoms with Crippen molar-refractivity contribution in [3.8, 4) is 11.5 Å². The van der Waals surface area contributed by atoms with Crippen molar-refractivity contribution in [1.82, 2.24) is 10.2 Å². The first-order chi connectivity index (χ1) is 29.2. The van der Waals surface area contributed by atoms with Crippen molar-refractivity contribution in [2.75, 3.05) is 30.6 Å². The van der Waals surface area contributed by atoms with Gasteiger partial charge in [-0.2, -0.15) is 0 Å². The summed E-state index contributed by atoms with van der Waals surface area (Å²) in [6.07, 6.45) is 9.53. The first-order valence-corrected chi connectivity index (χ1v) is 23.4. The zero-order valence-electron chi connectivity index (χ0n) is 35.2. The molecule has 9 nitrogen and oxygen atoms in total. The fourth-order valence-corrected chi connectivity index (χ4v) is 8.47. The molecule has 0 heterocycles. The number of ether oxygens (including phenoxy) is 3. The van der Waals surface area contributed by atoms with Crippen molar-refractivity contribution >= 4 is 21.8 Å². The molecule has 5 aromatic carbocycles. The molecule has 6 rings (SSSR count). The molecule has 60 heavy (non-hydrogen) atoms. The molecule has 1 aliphatic carbocycles. The van der Waals surface area contributed by atoms with Crippen LogP contribution in [0.5, 0.6) is 11.5 Å². The molecule has 318 valence electrons. The number of unbranched alkanes of at least 4 members (excludes halogenated alkanes) is 2. The number of nitrogens with one attached hydrogen (secondary N) is 2. The second-order valence-corrected chi connectivity index (χ2v) is 17.6. The minimum Gasteiger partial charge on any atom is -0.485 e. The molecular weight excluding hydrogens is 771 g/mol. The van der Waals surface area contributed by atoms with E-state index in [0.29, 0.717) is 50.4 Å². The lowest BCUT2D eigenvalue weighted by molar-refractivity contribution is 0.0957. The third kappa shape index (κ3) is 14.2. The first-order valence-electron chi connectivity index (χ1n) is 21.5. The van der Waals surface area contributed by atoms with Crippen LogP contribution in [0, 0.1) is 5.92 Å². The Kier molecular flexibility index (Phi) is 16.9. The van der Waals surface area contributed by atoms with Crippen molar-refractivity contribution in [2.45, 2.75) is 90.6 Å². The van der Waals surface area contributed by atoms with Crippen LogP contribution in [0.1, 0.15) is 78.8 Å². The lowest BCUT2D eigenvalue weighted by Crippen LogP contribution is -2.39. The van der Waals surface area contributed by atoms with E-state index in [2.05, 4.69) is 53.4 Å². The molecule has 5 aromatic rings. The van der Waals surface area contributed by atoms with Gasteiger partial charge in [-0.3, -0.25) is 4.72 Å². The summed E-state index contributed by atoms with van der Waals surface area (Å²) < 4.78 is 44.6. The van der Waals surface area contributed by atoms with Gasteiger partial charge >= 0.3 is 6.09 Å². The molecule has 0 bridgehead atoms. The molecule has 0 spiro atoms. The van der Waals surface area contributed by atoms with Crippen LogP contribution in [0.25, 0.3) is 0 Å². The summed E-state index contributed by atoms with van der Waals surface area (Å²) in [5.41, 5.74) is 7.34. The molecule has 0 aliphatic heterocycles. The minimum absolute atomic E-state index is 0.222. The molecule has 0 saturated carbocycles. The average Bonchev–Trinajstić information content (AvgIpc) is 3.27. The third-order valence-electron chi connectivity index (χ3n) is 11.1. The zero-order valence-corrected chi connectivity index (χ0v) is 36.0. The predicted octanol–water partition coefficient (Wildman–Crippen LogP) is 10.1. The van der Waals surface area contributed by atoms with Crippen molar-refractivity contribution in [2.24, 2.45) is 5.92 Å². The van der Waals surface area contributed by atoms with Gasteiger partial charge in [0, 0.05) is 30.4 Å². The summed E-state index contributed by atoms with van der Waals surface area (Å²) in [7, 11) is -3.36. The summed E-state index contributed by atoms with van der Waals surface area (Å²) >= 11 is 0. The number of hydrogen-bond donors (Lipinski definition) is 2. The Balaban J connectivity index is 1.06. The Morgan fingerprint density at radius 2 is 1.37 bits per heavy atom. The van der Waals surface area contributed by atoms with Gasteiger partial charge in [-0.25, -0.2) is 13.2 Å². The first kappa shape index (κ1) is 44.2. The second-order valence-electron chi connectivity index (χ2n) is 15.8. The number of benzene rings is 5. The molecule has 0 saturated heterocycles. The molecule has 1 aliphatic rings. The largest absolute Gasteiger partial charge is 0.485 e. The Morgan fingerprint density at radius 3 is 2.00 bits per heavy atom. The van der Waals surface area contributed by atoms with Gasteiger partial charge in [-0.05, 0) is 103 Å². The number of sulfonamides is 1. The maximum Gasteiger partial charge on any atom is 0.410 e. The zero-order chi connectivity index (χ0) is 42.0. The van der Waals surface area contributed by atoms with Crippen LogP contribution in [-0.4, -0.2) is 51.3 Å². The molecule has 1 unspecified atom stereocenters. The predicted molar refractivity (Wildman–Crippen MR) is 241 cm³/mol. The Bertz CT molecular complexity index is 2150. The maximum absolute atomic E-state index is 13.4. The van der Waals surface area contributed by atoms with Crippen LogP contribution in [0.15, 0.2) is 127 Å². The van der Waals surface area contributed by atoms with Gasteiger partial charge in [-0.1, -0.05) is 129 Å². The average molecular weight is 832 g/mol. The fraction of sp³-hybridized carbons (Fsp3) is 0.380. The summed E-state index contributed by atoms with van der Waals surface area (Å²) in [6.45, 7) is 5.51. The highest BCUT2D eigenvalue weighted by Gasteiger charge is 2.29. The van der Waals surface area contributed by atoms with Gasteiger partial charge in [0.05, 0.1) is 6.26 Å². The number of rotatable bonds is 23. The molecule has 0 fully saturated rings. The van der Waals surface area contributed by atoms with E-state index >= 15 is 0 Å². The number of hydrogen-bond acceptors (Lipinski definition) is 7. The van der Waals surface area contributed by atoms with E-state index in [1.165, 1.54) is 11.1 Å². The fourth-order valence-electron chi connectivity index (χ4n) is 7.91. The molecule has 2 atom stereocenters. The van der Waals surface area contributed by atoms with Crippen molar-refractivity contribution in [3.05, 3.63) is 161 Å². The molecule has 0 aromatic heterocycles. The second kappa shape index (κ2) is 22.9. The van der Waals surface area contributed by atoms with Crippen LogP contribution in [-0.2, 0) is 53.8 Å². The number of amides is 1. The molecule has 0 radical (unpaired) electrons. The molecular formula is C50H61N3O6S. The number of carbonyl (C=O) groups excluding carboxylic acids is 1. The van der Waals surface area contributed by atoms with Gasteiger partial charge < -0.3 is 24.4 Å². The van der Waals surface area contributed by atoms with Gasteiger partial charge in [0.1, 0.15) is 19.8 Å². The lowest BCUT2D eigenvalue weighted by atomic mass is 9.78. The van der Waals surface area contributed by atoms with Crippen molar-refractivity contribution < 1.29 is 27.4 Å². The normalized spacial score (nSPS) is 14.1. The van der Waals surface area contributed by atoms with E-state index in [-0.39, 0.29) is 12.7 Å². The molecule has 10 heteroatoms. The number of anilines is 1. The minimum atomic E-state index is -3.36. The van der Waals surface area contributed by atoms with E-state index in [1.807, 2.05) is 83.8 Å². The SMILES string of the molecule is CCCN[C@@H](CCCCCN(CCc1ccc(NS(C)(=O)=O)cc1)C(=O)OCc1ccccc1)C1CCc2c(ccc(OCc3ccccc3)c2OCc2ccccc2)C1. The van der Waals surface area contributed by atoms with Gasteiger partial charge in [0.15, 0.2) is 11.5 Å².